The highest BCUT2D eigenvalue weighted by molar-refractivity contribution is 7.91. The molecule has 104 valence electrons. The molecule has 1 heterocycles. The van der Waals surface area contributed by atoms with Gasteiger partial charge in [0.25, 0.3) is 0 Å². The lowest BCUT2D eigenvalue weighted by Crippen LogP contribution is -2.15. The second-order valence-corrected chi connectivity index (χ2v) is 6.66. The summed E-state index contributed by atoms with van der Waals surface area (Å²) in [5.74, 6) is 1.10. The third-order valence-corrected chi connectivity index (χ3v) is 4.74. The highest BCUT2D eigenvalue weighted by Crippen LogP contribution is 2.26. The van der Waals surface area contributed by atoms with E-state index in [4.69, 9.17) is 10.5 Å². The number of anilines is 1. The second-order valence-electron chi connectivity index (χ2n) is 4.19. The fourth-order valence-corrected chi connectivity index (χ4v) is 2.66. The van der Waals surface area contributed by atoms with Gasteiger partial charge in [-0.1, -0.05) is 13.0 Å². The summed E-state index contributed by atoms with van der Waals surface area (Å²) in [6.45, 7) is 1.93. The van der Waals surface area contributed by atoms with Crippen molar-refractivity contribution >= 4 is 26.8 Å². The largest absolute Gasteiger partial charge is 0.494 e. The van der Waals surface area contributed by atoms with E-state index in [1.807, 2.05) is 12.1 Å². The summed E-state index contributed by atoms with van der Waals surface area (Å²) in [4.78, 5) is 4.23. The minimum atomic E-state index is -3.03. The van der Waals surface area contributed by atoms with Crippen LogP contribution < -0.4 is 10.5 Å². The second kappa shape index (κ2) is 5.08. The van der Waals surface area contributed by atoms with E-state index < -0.39 is 9.84 Å². The lowest BCUT2D eigenvalue weighted by Gasteiger charge is -2.06. The minimum Gasteiger partial charge on any atom is -0.494 e. The molecule has 0 aliphatic carbocycles. The van der Waals surface area contributed by atoms with Crippen LogP contribution >= 0.6 is 0 Å². The monoisotopic (exact) mass is 283 g/mol. The standard InChI is InChI=1S/C12H17N3O3S/c1-3-19(16,17)8-7-15-9-5-4-6-10(18-2)11(9)14-12(15)13/h4-6H,3,7-8H2,1-2H3,(H2,13,14). The van der Waals surface area contributed by atoms with Gasteiger partial charge in [0, 0.05) is 12.3 Å². The first-order valence-electron chi connectivity index (χ1n) is 5.97. The predicted octanol–water partition coefficient (Wildman–Crippen LogP) is 1.06. The average molecular weight is 283 g/mol. The van der Waals surface area contributed by atoms with Crippen molar-refractivity contribution in [3.05, 3.63) is 18.2 Å². The molecule has 2 rings (SSSR count). The van der Waals surface area contributed by atoms with Crippen LogP contribution in [0.5, 0.6) is 5.75 Å². The number of rotatable bonds is 5. The molecule has 0 saturated heterocycles. The van der Waals surface area contributed by atoms with Gasteiger partial charge in [0.1, 0.15) is 11.3 Å². The third kappa shape index (κ3) is 2.65. The number of imidazole rings is 1. The number of aryl methyl sites for hydroxylation is 1. The molecule has 0 radical (unpaired) electrons. The summed E-state index contributed by atoms with van der Waals surface area (Å²) in [6, 6.07) is 5.47. The average Bonchev–Trinajstić information content (AvgIpc) is 2.72. The summed E-state index contributed by atoms with van der Waals surface area (Å²) >= 11 is 0. The van der Waals surface area contributed by atoms with E-state index >= 15 is 0 Å². The van der Waals surface area contributed by atoms with Crippen LogP contribution in [0.15, 0.2) is 18.2 Å². The van der Waals surface area contributed by atoms with Crippen molar-refractivity contribution in [3.63, 3.8) is 0 Å². The number of hydrogen-bond donors (Lipinski definition) is 1. The summed E-state index contributed by atoms with van der Waals surface area (Å²) < 4.78 is 30.0. The van der Waals surface area contributed by atoms with Crippen LogP contribution in [-0.4, -0.2) is 36.6 Å². The Labute approximate surface area is 112 Å². The minimum absolute atomic E-state index is 0.0520. The fraction of sp³-hybridized carbons (Fsp3) is 0.417. The number of fused-ring (bicyclic) bond motifs is 1. The lowest BCUT2D eigenvalue weighted by atomic mass is 10.3. The topological polar surface area (TPSA) is 87.2 Å². The molecule has 0 aliphatic heterocycles. The van der Waals surface area contributed by atoms with Gasteiger partial charge in [-0.15, -0.1) is 0 Å². The Balaban J connectivity index is 2.41. The van der Waals surface area contributed by atoms with Gasteiger partial charge in [0.05, 0.1) is 18.4 Å². The molecule has 0 aliphatic rings. The van der Waals surface area contributed by atoms with E-state index in [2.05, 4.69) is 4.98 Å². The number of aromatic nitrogens is 2. The summed E-state index contributed by atoms with van der Waals surface area (Å²) in [5, 5.41) is 0. The Morgan fingerprint density at radius 3 is 2.79 bits per heavy atom. The number of nitrogen functional groups attached to an aromatic ring is 1. The Kier molecular flexibility index (Phi) is 3.66. The van der Waals surface area contributed by atoms with Crippen molar-refractivity contribution in [2.75, 3.05) is 24.3 Å². The zero-order valence-electron chi connectivity index (χ0n) is 11.0. The van der Waals surface area contributed by atoms with Crippen LogP contribution in [0.25, 0.3) is 11.0 Å². The van der Waals surface area contributed by atoms with Crippen molar-refractivity contribution < 1.29 is 13.2 Å². The predicted molar refractivity (Wildman–Crippen MR) is 75.0 cm³/mol. The smallest absolute Gasteiger partial charge is 0.201 e. The number of hydrogen-bond acceptors (Lipinski definition) is 5. The first-order valence-corrected chi connectivity index (χ1v) is 7.79. The van der Waals surface area contributed by atoms with Gasteiger partial charge < -0.3 is 15.0 Å². The Morgan fingerprint density at radius 2 is 2.16 bits per heavy atom. The molecule has 0 saturated carbocycles. The molecule has 1 aromatic heterocycles. The number of benzene rings is 1. The zero-order valence-corrected chi connectivity index (χ0v) is 11.8. The van der Waals surface area contributed by atoms with Crippen molar-refractivity contribution in [1.29, 1.82) is 0 Å². The van der Waals surface area contributed by atoms with Crippen molar-refractivity contribution in [2.45, 2.75) is 13.5 Å². The van der Waals surface area contributed by atoms with E-state index in [9.17, 15) is 8.42 Å². The number of methoxy groups -OCH3 is 1. The van der Waals surface area contributed by atoms with Gasteiger partial charge in [-0.05, 0) is 12.1 Å². The third-order valence-electron chi connectivity index (χ3n) is 3.06. The molecule has 2 aromatic rings. The molecule has 7 heteroatoms. The molecule has 0 amide bonds. The molecule has 6 nitrogen and oxygen atoms in total. The molecule has 0 bridgehead atoms. The fourth-order valence-electron chi connectivity index (χ4n) is 1.91. The number of nitrogens with two attached hydrogens (primary N) is 1. The van der Waals surface area contributed by atoms with Crippen molar-refractivity contribution in [2.24, 2.45) is 0 Å². The van der Waals surface area contributed by atoms with E-state index in [0.717, 1.165) is 5.52 Å². The van der Waals surface area contributed by atoms with Crippen molar-refractivity contribution in [1.82, 2.24) is 9.55 Å². The van der Waals surface area contributed by atoms with E-state index in [-0.39, 0.29) is 11.5 Å². The quantitative estimate of drug-likeness (QED) is 0.886. The van der Waals surface area contributed by atoms with Gasteiger partial charge in [-0.25, -0.2) is 13.4 Å². The number of nitrogens with zero attached hydrogens (tertiary/aromatic N) is 2. The Hall–Kier alpha value is -1.76. The van der Waals surface area contributed by atoms with E-state index in [1.54, 1.807) is 24.7 Å². The maximum absolute atomic E-state index is 11.6. The van der Waals surface area contributed by atoms with Crippen LogP contribution in [0.4, 0.5) is 5.95 Å². The Morgan fingerprint density at radius 1 is 1.42 bits per heavy atom. The SMILES string of the molecule is CCS(=O)(=O)CCn1c(N)nc2c(OC)cccc21. The van der Waals surface area contributed by atoms with Crippen LogP contribution in [0.1, 0.15) is 6.92 Å². The molecular weight excluding hydrogens is 266 g/mol. The van der Waals surface area contributed by atoms with Gasteiger partial charge in [0.15, 0.2) is 9.84 Å². The highest BCUT2D eigenvalue weighted by atomic mass is 32.2. The molecule has 0 atom stereocenters. The molecule has 0 unspecified atom stereocenters. The van der Waals surface area contributed by atoms with Crippen LogP contribution in [-0.2, 0) is 16.4 Å². The first kappa shape index (κ1) is 13.7. The first-order chi connectivity index (χ1) is 8.98. The molecule has 2 N–H and O–H groups in total. The van der Waals surface area contributed by atoms with E-state index in [1.165, 1.54) is 0 Å². The molecule has 0 spiro atoms. The Bertz CT molecular complexity index is 692. The normalized spacial score (nSPS) is 11.9. The summed E-state index contributed by atoms with van der Waals surface area (Å²) in [6.07, 6.45) is 0. The van der Waals surface area contributed by atoms with Gasteiger partial charge in [-0.3, -0.25) is 0 Å². The summed E-state index contributed by atoms with van der Waals surface area (Å²) in [5.41, 5.74) is 7.28. The van der Waals surface area contributed by atoms with Gasteiger partial charge >= 0.3 is 0 Å². The number of ether oxygens (including phenoxy) is 1. The van der Waals surface area contributed by atoms with E-state index in [0.29, 0.717) is 23.8 Å². The maximum atomic E-state index is 11.6. The molecule has 1 aromatic carbocycles. The maximum Gasteiger partial charge on any atom is 0.201 e. The van der Waals surface area contributed by atoms with Crippen LogP contribution in [0.2, 0.25) is 0 Å². The summed E-state index contributed by atoms with van der Waals surface area (Å²) in [7, 11) is -1.47. The molecular formula is C12H17N3O3S. The molecule has 0 fully saturated rings. The molecule has 19 heavy (non-hydrogen) atoms. The van der Waals surface area contributed by atoms with Crippen LogP contribution in [0, 0.1) is 0 Å². The number of sulfone groups is 1. The van der Waals surface area contributed by atoms with Gasteiger partial charge in [-0.2, -0.15) is 0 Å². The number of para-hydroxylation sites is 1. The van der Waals surface area contributed by atoms with Gasteiger partial charge in [0.2, 0.25) is 5.95 Å². The highest BCUT2D eigenvalue weighted by Gasteiger charge is 2.14. The zero-order chi connectivity index (χ0) is 14.0. The lowest BCUT2D eigenvalue weighted by molar-refractivity contribution is 0.419. The van der Waals surface area contributed by atoms with Crippen LogP contribution in [0.3, 0.4) is 0 Å². The van der Waals surface area contributed by atoms with Crippen molar-refractivity contribution in [3.8, 4) is 5.75 Å².